The lowest BCUT2D eigenvalue weighted by Gasteiger charge is -2.37. The lowest BCUT2D eigenvalue weighted by Crippen LogP contribution is -2.39. The Bertz CT molecular complexity index is 472. The van der Waals surface area contributed by atoms with Gasteiger partial charge in [0.2, 0.25) is 0 Å². The van der Waals surface area contributed by atoms with Gasteiger partial charge in [0, 0.05) is 18.6 Å². The Morgan fingerprint density at radius 1 is 1.14 bits per heavy atom. The van der Waals surface area contributed by atoms with Crippen molar-refractivity contribution in [2.24, 2.45) is 5.73 Å². The molecular formula is C17H26N2O2. The Morgan fingerprint density at radius 2 is 1.86 bits per heavy atom. The zero-order chi connectivity index (χ0) is 14.7. The minimum Gasteiger partial charge on any atom is -0.486 e. The second-order valence-electron chi connectivity index (χ2n) is 6.11. The van der Waals surface area contributed by atoms with Crippen LogP contribution in [0.2, 0.25) is 0 Å². The first-order chi connectivity index (χ1) is 10.3. The molecule has 0 radical (unpaired) electrons. The van der Waals surface area contributed by atoms with Crippen LogP contribution in [0.25, 0.3) is 0 Å². The molecule has 1 aliphatic carbocycles. The van der Waals surface area contributed by atoms with E-state index in [1.54, 1.807) is 0 Å². The summed E-state index contributed by atoms with van der Waals surface area (Å²) < 4.78 is 11.3. The molecule has 4 heteroatoms. The van der Waals surface area contributed by atoms with E-state index in [0.717, 1.165) is 11.5 Å². The maximum absolute atomic E-state index is 6.07. The van der Waals surface area contributed by atoms with Crippen LogP contribution in [0.5, 0.6) is 11.5 Å². The smallest absolute Gasteiger partial charge is 0.161 e. The summed E-state index contributed by atoms with van der Waals surface area (Å²) in [5.41, 5.74) is 7.31. The molecule has 1 aromatic carbocycles. The number of fused-ring (bicyclic) bond motifs is 1. The molecule has 2 N–H and O–H groups in total. The van der Waals surface area contributed by atoms with Gasteiger partial charge in [-0.3, -0.25) is 4.90 Å². The third kappa shape index (κ3) is 3.16. The van der Waals surface area contributed by atoms with E-state index in [0.29, 0.717) is 25.8 Å². The molecule has 21 heavy (non-hydrogen) atoms. The number of hydrogen-bond donors (Lipinski definition) is 1. The molecule has 1 saturated carbocycles. The quantitative estimate of drug-likeness (QED) is 0.926. The van der Waals surface area contributed by atoms with Gasteiger partial charge in [0.25, 0.3) is 0 Å². The molecule has 0 amide bonds. The summed E-state index contributed by atoms with van der Waals surface area (Å²) in [4.78, 5) is 2.46. The van der Waals surface area contributed by atoms with E-state index in [2.05, 4.69) is 24.1 Å². The van der Waals surface area contributed by atoms with Crippen LogP contribution >= 0.6 is 0 Å². The predicted molar refractivity (Wildman–Crippen MR) is 83.9 cm³/mol. The Hall–Kier alpha value is -1.26. The molecule has 0 aromatic heterocycles. The maximum atomic E-state index is 6.07. The Morgan fingerprint density at radius 3 is 2.57 bits per heavy atom. The first kappa shape index (κ1) is 14.7. The van der Waals surface area contributed by atoms with Crippen molar-refractivity contribution >= 4 is 0 Å². The molecule has 0 saturated heterocycles. The van der Waals surface area contributed by atoms with Gasteiger partial charge in [-0.25, -0.2) is 0 Å². The fourth-order valence-corrected chi connectivity index (χ4v) is 3.55. The van der Waals surface area contributed by atoms with E-state index < -0.39 is 0 Å². The molecule has 1 heterocycles. The zero-order valence-electron chi connectivity index (χ0n) is 12.9. The molecule has 116 valence electrons. The van der Waals surface area contributed by atoms with Crippen molar-refractivity contribution in [3.8, 4) is 11.5 Å². The maximum Gasteiger partial charge on any atom is 0.161 e. The number of rotatable bonds is 4. The van der Waals surface area contributed by atoms with Crippen molar-refractivity contribution in [1.29, 1.82) is 0 Å². The first-order valence-electron chi connectivity index (χ1n) is 8.11. The number of hydrogen-bond acceptors (Lipinski definition) is 4. The SMILES string of the molecule is CN(C1CCCCC1)C(CN)c1ccc2c(c1)OCCO2. The van der Waals surface area contributed by atoms with E-state index in [1.807, 2.05) is 6.07 Å². The molecule has 0 bridgehead atoms. The van der Waals surface area contributed by atoms with Crippen LogP contribution < -0.4 is 15.2 Å². The van der Waals surface area contributed by atoms with Crippen LogP contribution in [0.1, 0.15) is 43.7 Å². The topological polar surface area (TPSA) is 47.7 Å². The van der Waals surface area contributed by atoms with Gasteiger partial charge in [0.15, 0.2) is 11.5 Å². The van der Waals surface area contributed by atoms with Gasteiger partial charge in [0.1, 0.15) is 13.2 Å². The molecule has 1 aliphatic heterocycles. The summed E-state index contributed by atoms with van der Waals surface area (Å²) in [7, 11) is 2.21. The van der Waals surface area contributed by atoms with Crippen LogP contribution in [0.3, 0.4) is 0 Å². The summed E-state index contributed by atoms with van der Waals surface area (Å²) in [6.45, 7) is 1.89. The van der Waals surface area contributed by atoms with E-state index >= 15 is 0 Å². The average molecular weight is 290 g/mol. The monoisotopic (exact) mass is 290 g/mol. The summed E-state index contributed by atoms with van der Waals surface area (Å²) >= 11 is 0. The van der Waals surface area contributed by atoms with Gasteiger partial charge in [0.05, 0.1) is 0 Å². The zero-order valence-corrected chi connectivity index (χ0v) is 12.9. The summed E-state index contributed by atoms with van der Waals surface area (Å²) in [5, 5.41) is 0. The van der Waals surface area contributed by atoms with Crippen LogP contribution in [-0.2, 0) is 0 Å². The van der Waals surface area contributed by atoms with Gasteiger partial charge >= 0.3 is 0 Å². The van der Waals surface area contributed by atoms with Gasteiger partial charge < -0.3 is 15.2 Å². The van der Waals surface area contributed by atoms with Crippen molar-refractivity contribution in [2.75, 3.05) is 26.8 Å². The molecule has 1 fully saturated rings. The van der Waals surface area contributed by atoms with Crippen molar-refractivity contribution < 1.29 is 9.47 Å². The molecule has 2 aliphatic rings. The number of likely N-dealkylation sites (N-methyl/N-ethyl adjacent to an activating group) is 1. The molecule has 4 nitrogen and oxygen atoms in total. The summed E-state index contributed by atoms with van der Waals surface area (Å²) in [6, 6.07) is 7.15. The van der Waals surface area contributed by atoms with Crippen LogP contribution in [0.4, 0.5) is 0 Å². The van der Waals surface area contributed by atoms with Gasteiger partial charge in [-0.05, 0) is 37.6 Å². The second-order valence-corrected chi connectivity index (χ2v) is 6.11. The number of benzene rings is 1. The Labute approximate surface area is 127 Å². The lowest BCUT2D eigenvalue weighted by atomic mass is 9.92. The fourth-order valence-electron chi connectivity index (χ4n) is 3.55. The van der Waals surface area contributed by atoms with Gasteiger partial charge in [-0.15, -0.1) is 0 Å². The van der Waals surface area contributed by atoms with Crippen LogP contribution in [0, 0.1) is 0 Å². The predicted octanol–water partition coefficient (Wildman–Crippen LogP) is 2.72. The standard InChI is InChI=1S/C17H26N2O2/c1-19(14-5-3-2-4-6-14)15(12-18)13-7-8-16-17(11-13)21-10-9-20-16/h7-8,11,14-15H,2-6,9-10,12,18H2,1H3. The average Bonchev–Trinajstić information content (AvgIpc) is 2.56. The highest BCUT2D eigenvalue weighted by Crippen LogP contribution is 2.35. The first-order valence-corrected chi connectivity index (χ1v) is 8.11. The Balaban J connectivity index is 1.78. The molecule has 0 spiro atoms. The molecule has 1 aromatic rings. The van der Waals surface area contributed by atoms with Crippen molar-refractivity contribution in [2.45, 2.75) is 44.2 Å². The molecule has 1 atom stereocenters. The number of ether oxygens (including phenoxy) is 2. The highest BCUT2D eigenvalue weighted by molar-refractivity contribution is 5.44. The van der Waals surface area contributed by atoms with Crippen molar-refractivity contribution in [3.63, 3.8) is 0 Å². The number of nitrogens with zero attached hydrogens (tertiary/aromatic N) is 1. The van der Waals surface area contributed by atoms with Gasteiger partial charge in [-0.2, -0.15) is 0 Å². The lowest BCUT2D eigenvalue weighted by molar-refractivity contribution is 0.139. The van der Waals surface area contributed by atoms with Crippen LogP contribution in [0.15, 0.2) is 18.2 Å². The van der Waals surface area contributed by atoms with E-state index in [9.17, 15) is 0 Å². The highest BCUT2D eigenvalue weighted by Gasteiger charge is 2.26. The summed E-state index contributed by atoms with van der Waals surface area (Å²) in [6.07, 6.45) is 6.64. The number of nitrogens with two attached hydrogens (primary N) is 1. The van der Waals surface area contributed by atoms with E-state index in [4.69, 9.17) is 15.2 Å². The normalized spacial score (nSPS) is 20.5. The Kier molecular flexibility index (Phi) is 4.66. The van der Waals surface area contributed by atoms with Crippen molar-refractivity contribution in [1.82, 2.24) is 4.90 Å². The summed E-state index contributed by atoms with van der Waals surface area (Å²) in [5.74, 6) is 1.70. The molecular weight excluding hydrogens is 264 g/mol. The largest absolute Gasteiger partial charge is 0.486 e. The molecule has 3 rings (SSSR count). The second kappa shape index (κ2) is 6.67. The van der Waals surface area contributed by atoms with Gasteiger partial charge in [-0.1, -0.05) is 25.3 Å². The fraction of sp³-hybridized carbons (Fsp3) is 0.647. The highest BCUT2D eigenvalue weighted by atomic mass is 16.6. The van der Waals surface area contributed by atoms with Crippen molar-refractivity contribution in [3.05, 3.63) is 23.8 Å². The third-order valence-corrected chi connectivity index (χ3v) is 4.82. The van der Waals surface area contributed by atoms with E-state index in [-0.39, 0.29) is 6.04 Å². The van der Waals surface area contributed by atoms with Crippen LogP contribution in [-0.4, -0.2) is 37.7 Å². The van der Waals surface area contributed by atoms with E-state index in [1.165, 1.54) is 37.7 Å². The minimum atomic E-state index is 0.254. The minimum absolute atomic E-state index is 0.254. The third-order valence-electron chi connectivity index (χ3n) is 4.82. The molecule has 1 unspecified atom stereocenters.